The van der Waals surface area contributed by atoms with Crippen molar-refractivity contribution >= 4 is 28.4 Å². The van der Waals surface area contributed by atoms with Crippen LogP contribution < -0.4 is 24.5 Å². The van der Waals surface area contributed by atoms with Crippen molar-refractivity contribution in [3.63, 3.8) is 0 Å². The molecule has 10 nitrogen and oxygen atoms in total. The lowest BCUT2D eigenvalue weighted by molar-refractivity contribution is 0.190. The van der Waals surface area contributed by atoms with Crippen LogP contribution in [0.25, 0.3) is 0 Å². The van der Waals surface area contributed by atoms with Crippen LogP contribution in [0.15, 0.2) is 385 Å². The van der Waals surface area contributed by atoms with E-state index in [9.17, 15) is 1.37 Å². The first-order valence-electron chi connectivity index (χ1n) is 49.8. The van der Waals surface area contributed by atoms with Gasteiger partial charge in [0.05, 0.1) is 27.2 Å². The Kier molecular flexibility index (Phi) is 27.2. The van der Waals surface area contributed by atoms with Gasteiger partial charge < -0.3 is 49.0 Å². The minimum atomic E-state index is -1.51. The molecule has 0 bridgehead atoms. The average molecular weight is 1810 g/mol. The zero-order chi connectivity index (χ0) is 95.9. The van der Waals surface area contributed by atoms with Gasteiger partial charge in [0.1, 0.15) is 36.4 Å². The van der Waals surface area contributed by atoms with Gasteiger partial charge in [0, 0.05) is 115 Å². The molecule has 0 amide bonds. The average Bonchev–Trinajstić information content (AvgIpc) is 1.54. The molecule has 22 rings (SSSR count). The molecule has 136 heavy (non-hydrogen) atoms. The Bertz CT molecular complexity index is 6640. The number of rotatable bonds is 12. The van der Waals surface area contributed by atoms with E-state index in [-0.39, 0.29) is 51.6 Å². The molecule has 1 aliphatic carbocycles. The van der Waals surface area contributed by atoms with Crippen molar-refractivity contribution in [3.8, 4) is 0 Å². The van der Waals surface area contributed by atoms with Crippen molar-refractivity contribution < 1.29 is 4.11 Å². The predicted molar refractivity (Wildman–Crippen MR) is 578 cm³/mol. The van der Waals surface area contributed by atoms with E-state index in [0.29, 0.717) is 12.3 Å². The number of hydrogen-bond donors (Lipinski definition) is 0. The summed E-state index contributed by atoms with van der Waals surface area (Å²) in [7, 11) is 0. The predicted octanol–water partition coefficient (Wildman–Crippen LogP) is 32.4. The molecule has 7 unspecified atom stereocenters. The zero-order valence-corrected chi connectivity index (χ0v) is 82.1. The molecule has 0 N–H and O–H groups in total. The maximum absolute atomic E-state index is 9.64. The van der Waals surface area contributed by atoms with Crippen LogP contribution in [-0.2, 0) is 5.54 Å². The number of benzene rings is 11. The maximum atomic E-state index is 9.64. The second-order valence-electron chi connectivity index (χ2n) is 39.1. The van der Waals surface area contributed by atoms with Crippen molar-refractivity contribution in [2.45, 2.75) is 242 Å². The highest BCUT2D eigenvalue weighted by atomic mass is 15.5. The summed E-state index contributed by atoms with van der Waals surface area (Å²) in [5.74, 6) is 0.793. The molecule has 10 heterocycles. The van der Waals surface area contributed by atoms with Crippen LogP contribution in [-0.4, -0.2) is 43.3 Å². The van der Waals surface area contributed by atoms with Crippen LogP contribution >= 0.6 is 0 Å². The number of aryl methyl sites for hydroxylation is 11. The minimum absolute atomic E-state index is 0. The normalized spacial score (nSPS) is 22.7. The fourth-order valence-corrected chi connectivity index (χ4v) is 23.8. The number of anilines is 5. The number of nitrogens with zero attached hydrogens (tertiary/aromatic N) is 10. The van der Waals surface area contributed by atoms with Crippen molar-refractivity contribution in [2.24, 2.45) is 16.7 Å². The number of hydrogen-bond acceptors (Lipinski definition) is 10. The summed E-state index contributed by atoms with van der Waals surface area (Å²) in [5, 5.41) is 0. The monoisotopic (exact) mass is 1800 g/mol. The molecule has 11 aromatic carbocycles. The van der Waals surface area contributed by atoms with Gasteiger partial charge in [-0.2, -0.15) is 0 Å². The lowest BCUT2D eigenvalue weighted by Gasteiger charge is -2.46. The van der Waals surface area contributed by atoms with Gasteiger partial charge in [-0.05, 0) is 276 Å². The molecule has 1 saturated carbocycles. The summed E-state index contributed by atoms with van der Waals surface area (Å²) in [6.07, 6.45) is 29.3. The largest absolute Gasteiger partial charge is 0.342 e. The SMILES string of the molecule is C.C.C.CC1=C2C=CC(c3ccccc3)(c3ccccc3)N2C(c2c(C)cccc2C)N1c1ccccc1C.CC1=C2N(C=CC2(C)C)C(C)N1c1ccccc1C.CC1=C2N(C=CC2(C)C2CCCCC2)C(C)N1c1ccccc1C.[2H]C1([2H])C=CC2=C(C)N(c3ccccc3C)C(c3c(C)cccc3C)N21.[2H]C1(c2ccccc2)C=CC2=C(C)N(c3ccccc3C)C(c3c(C)cccc3C)N21. The van der Waals surface area contributed by atoms with E-state index in [1.807, 2.05) is 41.3 Å². The molecule has 10 aliphatic heterocycles. The summed E-state index contributed by atoms with van der Waals surface area (Å²) < 4.78 is 26.8. The van der Waals surface area contributed by atoms with Crippen molar-refractivity contribution in [3.05, 3.63) is 479 Å². The first-order valence-corrected chi connectivity index (χ1v) is 48.3. The number of allylic oxidation sites excluding steroid dienone is 10. The Hall–Kier alpha value is -13.2. The second-order valence-corrected chi connectivity index (χ2v) is 39.1. The van der Waals surface area contributed by atoms with E-state index in [1.165, 1.54) is 178 Å². The fraction of sp³-hybridized carbons (Fsp3) is 0.317. The van der Waals surface area contributed by atoms with Gasteiger partial charge in [-0.3, -0.25) is 0 Å². The highest BCUT2D eigenvalue weighted by molar-refractivity contribution is 5.71. The summed E-state index contributed by atoms with van der Waals surface area (Å²) in [6.45, 7) is 45.3. The third-order valence-corrected chi connectivity index (χ3v) is 30.5. The highest BCUT2D eigenvalue weighted by Crippen LogP contribution is 2.60. The van der Waals surface area contributed by atoms with Gasteiger partial charge >= 0.3 is 0 Å². The lowest BCUT2D eigenvalue weighted by atomic mass is 9.68. The molecule has 0 spiro atoms. The fourth-order valence-electron chi connectivity index (χ4n) is 23.8. The summed E-state index contributed by atoms with van der Waals surface area (Å²) in [6, 6.07) is 93.7. The molecular formula is C126H148N10. The van der Waals surface area contributed by atoms with Crippen LogP contribution in [0.4, 0.5) is 28.4 Å². The standard InChI is InChI=1S/C34H32N2.C28H28N2.C22H24N2.C22H30N2.C17H22N2.3CH4/c1-24-14-11-12-21-30(24)35-27(4)31-22-23-34(28-17-7-5-8-18-28,29-19-9-6-10-20-29)36(31)33(35)32-25(2)15-13-16-26(32)3;1-19-11-8-9-16-24(19)29-22(4)25-17-18-26(23-14-6-5-7-15-23)30(25)28(29)27-20(2)12-10-13-21(27)3;1-15-9-5-6-12-19(15)24-18(4)20-13-8-14-23(20)22(24)21-16(2)10-7-11-17(21)3;1-16-10-8-9-13-20(16)24-17(2)21-22(4,14-15-23(21)18(24)3)19-11-6-5-7-12-19;1-12-8-6-7-9-15(12)19-13(2)16-17(4,5)10-11-18(16)14(19)3;;;/h5-23,33H,1-4H3;5-18,26,28H,1-4H3;5-13,22H,14H2,1-4H3;8-10,13-15,18-19H,5-7,11-12H2,1-4H3;6-11,14H,1-5H3;3*1H4/i;26D;14D2;;;;;. The summed E-state index contributed by atoms with van der Waals surface area (Å²) >= 11 is 0. The van der Waals surface area contributed by atoms with Crippen LogP contribution in [0.1, 0.15) is 247 Å². The molecule has 0 aromatic heterocycles. The summed E-state index contributed by atoms with van der Waals surface area (Å²) in [4.78, 5) is 24.1. The Morgan fingerprint density at radius 2 is 0.676 bits per heavy atom. The quantitative estimate of drug-likeness (QED) is 0.118. The van der Waals surface area contributed by atoms with Crippen molar-refractivity contribution in [1.82, 2.24) is 24.5 Å². The van der Waals surface area contributed by atoms with Crippen LogP contribution in [0.2, 0.25) is 0 Å². The van der Waals surface area contributed by atoms with E-state index in [4.69, 9.17) is 2.74 Å². The van der Waals surface area contributed by atoms with Crippen LogP contribution in [0.5, 0.6) is 0 Å². The van der Waals surface area contributed by atoms with E-state index in [1.54, 1.807) is 11.8 Å². The topological polar surface area (TPSA) is 32.4 Å². The Balaban J connectivity index is 0.000000133. The third kappa shape index (κ3) is 16.9. The zero-order valence-electron chi connectivity index (χ0n) is 85.1. The van der Waals surface area contributed by atoms with E-state index >= 15 is 0 Å². The Labute approximate surface area is 821 Å². The van der Waals surface area contributed by atoms with Crippen LogP contribution in [0, 0.1) is 92.9 Å². The highest BCUT2D eigenvalue weighted by Gasteiger charge is 2.55. The lowest BCUT2D eigenvalue weighted by Crippen LogP contribution is -2.46. The third-order valence-electron chi connectivity index (χ3n) is 30.5. The Morgan fingerprint density at radius 1 is 0.324 bits per heavy atom. The number of fused-ring (bicyclic) bond motifs is 5. The Morgan fingerprint density at radius 3 is 1.12 bits per heavy atom. The summed E-state index contributed by atoms with van der Waals surface area (Å²) in [5.41, 5.74) is 40.1. The van der Waals surface area contributed by atoms with Gasteiger partial charge in [0.25, 0.3) is 0 Å². The van der Waals surface area contributed by atoms with Gasteiger partial charge in [0.15, 0.2) is 0 Å². The molecule has 0 saturated heterocycles. The molecule has 11 aliphatic rings. The molecule has 702 valence electrons. The first kappa shape index (κ1) is 93.2. The van der Waals surface area contributed by atoms with Gasteiger partial charge in [0.2, 0.25) is 0 Å². The van der Waals surface area contributed by atoms with Crippen molar-refractivity contribution in [1.29, 1.82) is 0 Å². The molecule has 10 heteroatoms. The molecular weight excluding hydrogens is 1650 g/mol. The van der Waals surface area contributed by atoms with Crippen LogP contribution in [0.3, 0.4) is 0 Å². The van der Waals surface area contributed by atoms with E-state index in [2.05, 4.69) is 475 Å². The smallest absolute Gasteiger partial charge is 0.134 e. The molecule has 11 aromatic rings. The maximum Gasteiger partial charge on any atom is 0.134 e. The molecule has 0 radical (unpaired) electrons. The first-order chi connectivity index (χ1) is 65.3. The number of para-hydroxylation sites is 5. The minimum Gasteiger partial charge on any atom is -0.342 e. The second kappa shape index (κ2) is 39.6. The van der Waals surface area contributed by atoms with E-state index < -0.39 is 18.1 Å². The van der Waals surface area contributed by atoms with Gasteiger partial charge in [-0.15, -0.1) is 0 Å². The molecule has 7 atom stereocenters. The van der Waals surface area contributed by atoms with Crippen molar-refractivity contribution in [2.75, 3.05) is 31.0 Å². The van der Waals surface area contributed by atoms with Gasteiger partial charge in [-0.1, -0.05) is 323 Å². The van der Waals surface area contributed by atoms with Gasteiger partial charge in [-0.25, -0.2) is 0 Å². The molecule has 1 fully saturated rings. The van der Waals surface area contributed by atoms with E-state index in [0.717, 1.165) is 34.3 Å².